The van der Waals surface area contributed by atoms with Crippen molar-refractivity contribution in [1.82, 2.24) is 14.6 Å². The van der Waals surface area contributed by atoms with Crippen molar-refractivity contribution in [3.63, 3.8) is 0 Å². The van der Waals surface area contributed by atoms with Crippen molar-refractivity contribution in [2.75, 3.05) is 12.3 Å². The number of aromatic nitrogens is 3. The highest BCUT2D eigenvalue weighted by molar-refractivity contribution is 8.00. The molecule has 1 aliphatic rings. The molecule has 0 spiro atoms. The Morgan fingerprint density at radius 2 is 2.03 bits per heavy atom. The first-order chi connectivity index (χ1) is 14.5. The molecular formula is C21H18N4O3S2. The maximum Gasteiger partial charge on any atom is 0.283 e. The first-order valence-corrected chi connectivity index (χ1v) is 11.0. The number of rotatable bonds is 6. The van der Waals surface area contributed by atoms with Crippen LogP contribution < -0.4 is 11.3 Å². The molecule has 3 aromatic rings. The number of nitrogen functional groups attached to an aromatic ring is 1. The van der Waals surface area contributed by atoms with Gasteiger partial charge in [-0.15, -0.1) is 5.10 Å². The van der Waals surface area contributed by atoms with Crippen LogP contribution in [0.1, 0.15) is 18.1 Å². The van der Waals surface area contributed by atoms with E-state index in [4.69, 9.17) is 10.5 Å². The minimum atomic E-state index is -0.445. The Morgan fingerprint density at radius 1 is 1.23 bits per heavy atom. The number of nitrogens with zero attached hydrogens (tertiary/aromatic N) is 3. The highest BCUT2D eigenvalue weighted by Gasteiger charge is 2.16. The average Bonchev–Trinajstić information content (AvgIpc) is 3.16. The number of ether oxygens (including phenoxy) is 1. The summed E-state index contributed by atoms with van der Waals surface area (Å²) < 4.78 is 7.59. The second kappa shape index (κ2) is 8.68. The molecule has 0 saturated heterocycles. The number of allylic oxidation sites excluding steroid dienone is 4. The molecule has 0 bridgehead atoms. The third-order valence-corrected chi connectivity index (χ3v) is 6.37. The number of nitrogens with two attached hydrogens (primary N) is 1. The van der Waals surface area contributed by atoms with Gasteiger partial charge >= 0.3 is 0 Å². The van der Waals surface area contributed by atoms with Crippen molar-refractivity contribution < 1.29 is 9.53 Å². The minimum Gasteiger partial charge on any atom is -0.490 e. The number of hydrogen-bond donors (Lipinski definition) is 1. The normalized spacial score (nSPS) is 15.0. The second-order valence-electron chi connectivity index (χ2n) is 6.34. The van der Waals surface area contributed by atoms with Crippen molar-refractivity contribution in [1.29, 1.82) is 0 Å². The fourth-order valence-electron chi connectivity index (χ4n) is 2.83. The van der Waals surface area contributed by atoms with E-state index in [1.54, 1.807) is 36.9 Å². The summed E-state index contributed by atoms with van der Waals surface area (Å²) in [6, 6.07) is 10.1. The van der Waals surface area contributed by atoms with Crippen LogP contribution in [-0.4, -0.2) is 27.0 Å². The predicted octanol–water partition coefficient (Wildman–Crippen LogP) is 3.47. The number of ketones is 1. The molecule has 0 atom stereocenters. The van der Waals surface area contributed by atoms with Crippen molar-refractivity contribution in [3.05, 3.63) is 81.4 Å². The van der Waals surface area contributed by atoms with Gasteiger partial charge in [0.2, 0.25) is 10.7 Å². The van der Waals surface area contributed by atoms with Crippen molar-refractivity contribution in [3.8, 4) is 0 Å². The van der Waals surface area contributed by atoms with Gasteiger partial charge in [-0.1, -0.05) is 59.5 Å². The lowest BCUT2D eigenvalue weighted by atomic mass is 10.0. The van der Waals surface area contributed by atoms with Crippen LogP contribution >= 0.6 is 23.1 Å². The molecule has 2 N–H and O–H groups in total. The monoisotopic (exact) mass is 438 g/mol. The van der Waals surface area contributed by atoms with Crippen LogP contribution in [0.25, 0.3) is 11.0 Å². The van der Waals surface area contributed by atoms with Gasteiger partial charge in [0.25, 0.3) is 5.56 Å². The molecule has 1 aromatic carbocycles. The molecule has 30 heavy (non-hydrogen) atoms. The lowest BCUT2D eigenvalue weighted by Gasteiger charge is -2.10. The highest BCUT2D eigenvalue weighted by Crippen LogP contribution is 2.28. The van der Waals surface area contributed by atoms with Gasteiger partial charge in [0.1, 0.15) is 5.82 Å². The Labute approximate surface area is 180 Å². The molecule has 0 saturated carbocycles. The fraction of sp³-hybridized carbons (Fsp3) is 0.143. The molecule has 0 fully saturated rings. The molecule has 0 amide bonds. The zero-order valence-corrected chi connectivity index (χ0v) is 17.7. The summed E-state index contributed by atoms with van der Waals surface area (Å²) in [6.45, 7) is 2.17. The Bertz CT molecular complexity index is 1260. The van der Waals surface area contributed by atoms with Gasteiger partial charge in [0, 0.05) is 5.75 Å². The van der Waals surface area contributed by atoms with Gasteiger partial charge in [0.05, 0.1) is 12.2 Å². The Hall–Kier alpha value is -3.17. The second-order valence-corrected chi connectivity index (χ2v) is 8.51. The summed E-state index contributed by atoms with van der Waals surface area (Å²) in [5.74, 6) is 0.975. The van der Waals surface area contributed by atoms with E-state index in [1.165, 1.54) is 27.5 Å². The van der Waals surface area contributed by atoms with Crippen LogP contribution in [0.15, 0.2) is 69.0 Å². The largest absolute Gasteiger partial charge is 0.490 e. The Morgan fingerprint density at radius 3 is 2.80 bits per heavy atom. The van der Waals surface area contributed by atoms with E-state index in [0.717, 1.165) is 10.1 Å². The summed E-state index contributed by atoms with van der Waals surface area (Å²) in [5.41, 5.74) is 7.83. The molecule has 2 aromatic heterocycles. The van der Waals surface area contributed by atoms with Crippen LogP contribution in [-0.2, 0) is 15.3 Å². The van der Waals surface area contributed by atoms with E-state index in [-0.39, 0.29) is 22.9 Å². The predicted molar refractivity (Wildman–Crippen MR) is 119 cm³/mol. The number of fused-ring (bicyclic) bond motifs is 1. The van der Waals surface area contributed by atoms with Crippen molar-refractivity contribution >= 4 is 45.7 Å². The number of carbonyl (C=O) groups excluding carboxylic acids is 1. The first kappa shape index (κ1) is 20.1. The third-order valence-electron chi connectivity index (χ3n) is 4.26. The summed E-state index contributed by atoms with van der Waals surface area (Å²) >= 11 is 2.88. The van der Waals surface area contributed by atoms with E-state index in [9.17, 15) is 9.59 Å². The SMILES string of the molecule is CCOC1=CC(=Cc2c(N)n3nc(SCc4ccccc4)sc3nc2=O)C=CC1=O. The van der Waals surface area contributed by atoms with E-state index in [2.05, 4.69) is 10.1 Å². The zero-order chi connectivity index (χ0) is 21.1. The van der Waals surface area contributed by atoms with E-state index >= 15 is 0 Å². The van der Waals surface area contributed by atoms with E-state index in [0.29, 0.717) is 17.1 Å². The fourth-order valence-corrected chi connectivity index (χ4v) is 4.72. The molecule has 2 heterocycles. The molecule has 0 aliphatic heterocycles. The minimum absolute atomic E-state index is 0.206. The number of benzene rings is 1. The Balaban J connectivity index is 1.66. The molecule has 0 radical (unpaired) electrons. The van der Waals surface area contributed by atoms with Gasteiger partial charge in [0.15, 0.2) is 10.1 Å². The average molecular weight is 439 g/mol. The number of anilines is 1. The standard InChI is InChI=1S/C21H18N4O3S2/c1-2-28-17-11-14(8-9-16(17)26)10-15-18(22)25-20(23-19(15)27)30-21(24-25)29-12-13-6-4-3-5-7-13/h3-11H,2,12,22H2,1H3. The smallest absolute Gasteiger partial charge is 0.283 e. The maximum atomic E-state index is 12.6. The van der Waals surface area contributed by atoms with Crippen LogP contribution in [0, 0.1) is 0 Å². The van der Waals surface area contributed by atoms with Crippen molar-refractivity contribution in [2.45, 2.75) is 17.0 Å². The van der Waals surface area contributed by atoms with Gasteiger partial charge in [-0.3, -0.25) is 9.59 Å². The summed E-state index contributed by atoms with van der Waals surface area (Å²) in [7, 11) is 0. The number of thioether (sulfide) groups is 1. The topological polar surface area (TPSA) is 99.6 Å². The molecular weight excluding hydrogens is 420 g/mol. The first-order valence-electron chi connectivity index (χ1n) is 9.20. The summed E-state index contributed by atoms with van der Waals surface area (Å²) in [4.78, 5) is 29.0. The lowest BCUT2D eigenvalue weighted by molar-refractivity contribution is -0.114. The van der Waals surface area contributed by atoms with Gasteiger partial charge in [-0.2, -0.15) is 9.50 Å². The van der Waals surface area contributed by atoms with Gasteiger partial charge < -0.3 is 10.5 Å². The number of carbonyl (C=O) groups is 1. The van der Waals surface area contributed by atoms with E-state index < -0.39 is 5.56 Å². The molecule has 1 aliphatic carbocycles. The van der Waals surface area contributed by atoms with E-state index in [1.807, 2.05) is 30.3 Å². The quantitative estimate of drug-likeness (QED) is 0.588. The van der Waals surface area contributed by atoms with Crippen LogP contribution in [0.5, 0.6) is 0 Å². The molecule has 7 nitrogen and oxygen atoms in total. The molecule has 9 heteroatoms. The lowest BCUT2D eigenvalue weighted by Crippen LogP contribution is -2.17. The highest BCUT2D eigenvalue weighted by atomic mass is 32.2. The van der Waals surface area contributed by atoms with Gasteiger partial charge in [-0.25, -0.2) is 0 Å². The number of hydrogen-bond acceptors (Lipinski definition) is 8. The van der Waals surface area contributed by atoms with Crippen LogP contribution in [0.2, 0.25) is 0 Å². The third kappa shape index (κ3) is 4.22. The van der Waals surface area contributed by atoms with Crippen molar-refractivity contribution in [2.24, 2.45) is 0 Å². The van der Waals surface area contributed by atoms with Gasteiger partial charge in [-0.05, 0) is 36.3 Å². The molecule has 152 valence electrons. The molecule has 4 rings (SSSR count). The van der Waals surface area contributed by atoms with Crippen LogP contribution in [0.3, 0.4) is 0 Å². The Kier molecular flexibility index (Phi) is 5.82. The summed E-state index contributed by atoms with van der Waals surface area (Å²) in [5, 5.41) is 4.51. The van der Waals surface area contributed by atoms with Crippen LogP contribution in [0.4, 0.5) is 5.82 Å². The molecule has 0 unspecified atom stereocenters. The maximum absolute atomic E-state index is 12.6. The zero-order valence-electron chi connectivity index (χ0n) is 16.1. The summed E-state index contributed by atoms with van der Waals surface area (Å²) in [6.07, 6.45) is 6.19.